The van der Waals surface area contributed by atoms with Crippen LogP contribution in [0.4, 0.5) is 0 Å². The highest BCUT2D eigenvalue weighted by Crippen LogP contribution is 2.13. The van der Waals surface area contributed by atoms with Gasteiger partial charge in [-0.05, 0) is 18.2 Å². The molecule has 13 heavy (non-hydrogen) atoms. The van der Waals surface area contributed by atoms with E-state index in [9.17, 15) is 4.79 Å². The minimum atomic E-state index is -0.120. The fourth-order valence-corrected chi connectivity index (χ4v) is 1.14. The summed E-state index contributed by atoms with van der Waals surface area (Å²) in [6, 6.07) is 5.12. The normalized spacial score (nSPS) is 10.2. The zero-order valence-electron chi connectivity index (χ0n) is 7.07. The summed E-state index contributed by atoms with van der Waals surface area (Å²) in [6.07, 6.45) is 1.36. The van der Waals surface area contributed by atoms with Crippen LogP contribution in [0.25, 0.3) is 11.1 Å². The molecule has 4 nitrogen and oxygen atoms in total. The third-order valence-electron chi connectivity index (χ3n) is 1.82. The van der Waals surface area contributed by atoms with Crippen molar-refractivity contribution >= 4 is 17.0 Å². The van der Waals surface area contributed by atoms with E-state index >= 15 is 0 Å². The molecule has 66 valence electrons. The number of nitrogens with one attached hydrogen (secondary N) is 1. The summed E-state index contributed by atoms with van der Waals surface area (Å²) in [4.78, 5) is 15.2. The summed E-state index contributed by atoms with van der Waals surface area (Å²) in [5.41, 5.74) is 1.97. The highest BCUT2D eigenvalue weighted by Gasteiger charge is 2.05. The van der Waals surface area contributed by atoms with Gasteiger partial charge in [-0.3, -0.25) is 4.79 Å². The Bertz CT molecular complexity index is 448. The third kappa shape index (κ3) is 1.26. The van der Waals surface area contributed by atoms with Crippen molar-refractivity contribution in [3.63, 3.8) is 0 Å². The van der Waals surface area contributed by atoms with Crippen molar-refractivity contribution in [2.75, 3.05) is 7.05 Å². The molecule has 0 aliphatic heterocycles. The minimum Gasteiger partial charge on any atom is -0.443 e. The maximum Gasteiger partial charge on any atom is 0.251 e. The third-order valence-corrected chi connectivity index (χ3v) is 1.82. The predicted octanol–water partition coefficient (Wildman–Crippen LogP) is 1.19. The molecule has 4 heteroatoms. The molecule has 0 bridgehead atoms. The Labute approximate surface area is 74.6 Å². The first kappa shape index (κ1) is 7.79. The molecule has 1 amide bonds. The molecular formula is C9H8N2O2. The van der Waals surface area contributed by atoms with Crippen LogP contribution in [0.15, 0.2) is 29.0 Å². The molecule has 0 unspecified atom stereocenters. The van der Waals surface area contributed by atoms with Crippen LogP contribution in [-0.4, -0.2) is 17.9 Å². The molecule has 1 heterocycles. The van der Waals surface area contributed by atoms with Crippen LogP contribution in [0, 0.1) is 0 Å². The first-order valence-electron chi connectivity index (χ1n) is 3.86. The Hall–Kier alpha value is -1.84. The lowest BCUT2D eigenvalue weighted by atomic mass is 10.2. The van der Waals surface area contributed by atoms with Gasteiger partial charge in [-0.1, -0.05) is 0 Å². The molecule has 0 aliphatic rings. The largest absolute Gasteiger partial charge is 0.443 e. The van der Waals surface area contributed by atoms with Gasteiger partial charge in [0.2, 0.25) is 0 Å². The topological polar surface area (TPSA) is 55.1 Å². The molecule has 2 rings (SSSR count). The monoisotopic (exact) mass is 176 g/mol. The number of benzene rings is 1. The number of hydrogen-bond donors (Lipinski definition) is 1. The van der Waals surface area contributed by atoms with Crippen LogP contribution in [-0.2, 0) is 0 Å². The van der Waals surface area contributed by atoms with Gasteiger partial charge in [0.25, 0.3) is 5.91 Å². The smallest absolute Gasteiger partial charge is 0.251 e. The van der Waals surface area contributed by atoms with Crippen molar-refractivity contribution in [3.8, 4) is 0 Å². The number of rotatable bonds is 1. The van der Waals surface area contributed by atoms with Crippen LogP contribution in [0.5, 0.6) is 0 Å². The van der Waals surface area contributed by atoms with Crippen LogP contribution < -0.4 is 5.32 Å². The Kier molecular flexibility index (Phi) is 1.73. The molecule has 0 radical (unpaired) electrons. The lowest BCUT2D eigenvalue weighted by Gasteiger charge is -1.97. The van der Waals surface area contributed by atoms with E-state index in [4.69, 9.17) is 4.42 Å². The summed E-state index contributed by atoms with van der Waals surface area (Å²) in [6.45, 7) is 0. The van der Waals surface area contributed by atoms with Gasteiger partial charge in [-0.25, -0.2) is 4.98 Å². The van der Waals surface area contributed by atoms with Crippen LogP contribution in [0.1, 0.15) is 10.4 Å². The van der Waals surface area contributed by atoms with Crippen molar-refractivity contribution < 1.29 is 9.21 Å². The summed E-state index contributed by atoms with van der Waals surface area (Å²) in [5, 5.41) is 2.54. The van der Waals surface area contributed by atoms with Crippen LogP contribution >= 0.6 is 0 Å². The van der Waals surface area contributed by atoms with E-state index in [2.05, 4.69) is 10.3 Å². The van der Waals surface area contributed by atoms with Crippen molar-refractivity contribution in [3.05, 3.63) is 30.2 Å². The van der Waals surface area contributed by atoms with E-state index in [1.165, 1.54) is 6.39 Å². The Balaban J connectivity index is 2.54. The Morgan fingerprint density at radius 1 is 1.54 bits per heavy atom. The minimum absolute atomic E-state index is 0.120. The zero-order valence-corrected chi connectivity index (χ0v) is 7.07. The fourth-order valence-electron chi connectivity index (χ4n) is 1.14. The van der Waals surface area contributed by atoms with Crippen molar-refractivity contribution in [1.29, 1.82) is 0 Å². The second-order valence-corrected chi connectivity index (χ2v) is 2.61. The van der Waals surface area contributed by atoms with Crippen molar-refractivity contribution in [2.45, 2.75) is 0 Å². The van der Waals surface area contributed by atoms with Gasteiger partial charge in [0, 0.05) is 12.6 Å². The standard InChI is InChI=1S/C9H8N2O2/c1-10-9(12)6-2-3-8-7(4-6)11-5-13-8/h2-5H,1H3,(H,10,12). The molecule has 0 aliphatic carbocycles. The van der Waals surface area contributed by atoms with Gasteiger partial charge >= 0.3 is 0 Å². The molecule has 0 fully saturated rings. The molecule has 0 spiro atoms. The summed E-state index contributed by atoms with van der Waals surface area (Å²) < 4.78 is 5.04. The highest BCUT2D eigenvalue weighted by molar-refractivity contribution is 5.96. The maximum atomic E-state index is 11.2. The number of aromatic nitrogens is 1. The highest BCUT2D eigenvalue weighted by atomic mass is 16.3. The molecule has 1 N–H and O–H groups in total. The SMILES string of the molecule is CNC(=O)c1ccc2ocnc2c1. The molecule has 1 aromatic heterocycles. The van der Waals surface area contributed by atoms with Gasteiger partial charge in [0.05, 0.1) is 0 Å². The average Bonchev–Trinajstić information content (AvgIpc) is 2.63. The van der Waals surface area contributed by atoms with E-state index < -0.39 is 0 Å². The fraction of sp³-hybridized carbons (Fsp3) is 0.111. The van der Waals surface area contributed by atoms with Gasteiger partial charge in [0.15, 0.2) is 12.0 Å². The van der Waals surface area contributed by atoms with E-state index in [1.54, 1.807) is 25.2 Å². The van der Waals surface area contributed by atoms with Gasteiger partial charge < -0.3 is 9.73 Å². The average molecular weight is 176 g/mol. The Morgan fingerprint density at radius 3 is 3.15 bits per heavy atom. The predicted molar refractivity (Wildman–Crippen MR) is 47.4 cm³/mol. The maximum absolute atomic E-state index is 11.2. The molecule has 0 saturated carbocycles. The van der Waals surface area contributed by atoms with Gasteiger partial charge in [-0.15, -0.1) is 0 Å². The lowest BCUT2D eigenvalue weighted by molar-refractivity contribution is 0.0963. The summed E-state index contributed by atoms with van der Waals surface area (Å²) in [7, 11) is 1.59. The first-order valence-corrected chi connectivity index (χ1v) is 3.86. The zero-order chi connectivity index (χ0) is 9.26. The molecule has 0 saturated heterocycles. The number of oxazole rings is 1. The molecular weight excluding hydrogens is 168 g/mol. The summed E-state index contributed by atoms with van der Waals surface area (Å²) >= 11 is 0. The van der Waals surface area contributed by atoms with E-state index in [-0.39, 0.29) is 5.91 Å². The van der Waals surface area contributed by atoms with Gasteiger partial charge in [0.1, 0.15) is 5.52 Å². The molecule has 2 aromatic rings. The van der Waals surface area contributed by atoms with E-state index in [0.717, 1.165) is 0 Å². The Morgan fingerprint density at radius 2 is 2.38 bits per heavy atom. The van der Waals surface area contributed by atoms with E-state index in [0.29, 0.717) is 16.7 Å². The number of carbonyl (C=O) groups excluding carboxylic acids is 1. The molecule has 1 aromatic carbocycles. The number of hydrogen-bond acceptors (Lipinski definition) is 3. The second kappa shape index (κ2) is 2.90. The number of amides is 1. The lowest BCUT2D eigenvalue weighted by Crippen LogP contribution is -2.17. The van der Waals surface area contributed by atoms with Crippen LogP contribution in [0.3, 0.4) is 0 Å². The first-order chi connectivity index (χ1) is 6.31. The molecule has 0 atom stereocenters. The van der Waals surface area contributed by atoms with Crippen molar-refractivity contribution in [1.82, 2.24) is 10.3 Å². The quantitative estimate of drug-likeness (QED) is 0.710. The van der Waals surface area contributed by atoms with Gasteiger partial charge in [-0.2, -0.15) is 0 Å². The number of fused-ring (bicyclic) bond motifs is 1. The van der Waals surface area contributed by atoms with Crippen LogP contribution in [0.2, 0.25) is 0 Å². The van der Waals surface area contributed by atoms with Crippen molar-refractivity contribution in [2.24, 2.45) is 0 Å². The summed E-state index contributed by atoms with van der Waals surface area (Å²) in [5.74, 6) is -0.120. The van der Waals surface area contributed by atoms with E-state index in [1.807, 2.05) is 0 Å². The number of nitrogens with zero attached hydrogens (tertiary/aromatic N) is 1. The number of carbonyl (C=O) groups is 1. The second-order valence-electron chi connectivity index (χ2n) is 2.61.